The summed E-state index contributed by atoms with van der Waals surface area (Å²) in [6, 6.07) is -0.0752. The second-order valence-electron chi connectivity index (χ2n) is 4.14. The first-order valence-electron chi connectivity index (χ1n) is 5.16. The van der Waals surface area contributed by atoms with Crippen molar-refractivity contribution in [1.82, 2.24) is 0 Å². The minimum atomic E-state index is -4.94. The Labute approximate surface area is 104 Å². The lowest BCUT2D eigenvalue weighted by Crippen LogP contribution is -2.25. The molecule has 0 saturated heterocycles. The van der Waals surface area contributed by atoms with E-state index in [1.807, 2.05) is 0 Å². The maximum absolute atomic E-state index is 12.5. The normalized spacial score (nSPS) is 16.3. The first kappa shape index (κ1) is 15.8. The van der Waals surface area contributed by atoms with Gasteiger partial charge in [-0.1, -0.05) is 0 Å². The molecule has 0 bridgehead atoms. The van der Waals surface area contributed by atoms with Crippen LogP contribution in [0.15, 0.2) is 18.2 Å². The fourth-order valence-electron chi connectivity index (χ4n) is 1.45. The zero-order chi connectivity index (χ0) is 15.0. The van der Waals surface area contributed by atoms with Crippen LogP contribution in [0.5, 0.6) is 0 Å². The van der Waals surface area contributed by atoms with E-state index in [1.165, 1.54) is 6.92 Å². The summed E-state index contributed by atoms with van der Waals surface area (Å²) in [6.07, 6.45) is -11.5. The Kier molecular flexibility index (Phi) is 4.16. The Hall–Kier alpha value is -1.28. The van der Waals surface area contributed by atoms with Gasteiger partial charge in [0.2, 0.25) is 0 Å². The van der Waals surface area contributed by atoms with Gasteiger partial charge in [0.1, 0.15) is 0 Å². The van der Waals surface area contributed by atoms with Gasteiger partial charge < -0.3 is 10.8 Å². The summed E-state index contributed by atoms with van der Waals surface area (Å²) in [4.78, 5) is 0. The van der Waals surface area contributed by atoms with Crippen molar-refractivity contribution in [1.29, 1.82) is 0 Å². The Bertz CT molecular complexity index is 419. The van der Waals surface area contributed by atoms with Gasteiger partial charge in [-0.05, 0) is 30.7 Å². The number of rotatable bonds is 2. The molecule has 0 saturated carbocycles. The zero-order valence-corrected chi connectivity index (χ0v) is 9.68. The smallest absolute Gasteiger partial charge is 0.387 e. The SMILES string of the molecule is C[C@@H](N)[C@@H](O)c1cc(C(F)(F)F)cc(C(F)(F)F)c1. The van der Waals surface area contributed by atoms with Crippen molar-refractivity contribution in [3.63, 3.8) is 0 Å². The van der Waals surface area contributed by atoms with E-state index in [-0.39, 0.29) is 6.07 Å². The number of hydrogen-bond acceptors (Lipinski definition) is 2. The summed E-state index contributed by atoms with van der Waals surface area (Å²) in [5, 5.41) is 9.52. The molecule has 0 aliphatic heterocycles. The monoisotopic (exact) mass is 287 g/mol. The van der Waals surface area contributed by atoms with Gasteiger partial charge in [-0.25, -0.2) is 0 Å². The van der Waals surface area contributed by atoms with Crippen LogP contribution < -0.4 is 5.73 Å². The zero-order valence-electron chi connectivity index (χ0n) is 9.68. The third-order valence-electron chi connectivity index (χ3n) is 2.45. The van der Waals surface area contributed by atoms with Crippen molar-refractivity contribution in [3.8, 4) is 0 Å². The Morgan fingerprint density at radius 3 is 1.58 bits per heavy atom. The Morgan fingerprint density at radius 1 is 0.947 bits per heavy atom. The van der Waals surface area contributed by atoms with E-state index < -0.39 is 41.2 Å². The second kappa shape index (κ2) is 5.01. The van der Waals surface area contributed by atoms with E-state index in [4.69, 9.17) is 5.73 Å². The van der Waals surface area contributed by atoms with Crippen molar-refractivity contribution in [2.24, 2.45) is 5.73 Å². The highest BCUT2D eigenvalue weighted by molar-refractivity contribution is 5.35. The van der Waals surface area contributed by atoms with E-state index in [0.717, 1.165) is 0 Å². The minimum absolute atomic E-state index is 0.00258. The molecule has 2 atom stereocenters. The van der Waals surface area contributed by atoms with E-state index in [1.54, 1.807) is 0 Å². The molecule has 1 rings (SSSR count). The number of alkyl halides is 6. The molecule has 0 amide bonds. The Morgan fingerprint density at radius 2 is 1.32 bits per heavy atom. The highest BCUT2D eigenvalue weighted by Crippen LogP contribution is 2.37. The van der Waals surface area contributed by atoms with Crippen LogP contribution in [-0.2, 0) is 12.4 Å². The van der Waals surface area contributed by atoms with Crippen LogP contribution in [0.3, 0.4) is 0 Å². The van der Waals surface area contributed by atoms with Gasteiger partial charge in [-0.15, -0.1) is 0 Å². The van der Waals surface area contributed by atoms with Gasteiger partial charge in [0.25, 0.3) is 0 Å². The predicted molar refractivity (Wildman–Crippen MR) is 55.1 cm³/mol. The molecule has 0 unspecified atom stereocenters. The maximum atomic E-state index is 12.5. The molecule has 0 radical (unpaired) electrons. The van der Waals surface area contributed by atoms with Crippen LogP contribution in [0.4, 0.5) is 26.3 Å². The molecular formula is C11H11F6NO. The molecule has 1 aromatic carbocycles. The van der Waals surface area contributed by atoms with Crippen molar-refractivity contribution >= 4 is 0 Å². The number of aliphatic hydroxyl groups is 1. The fourth-order valence-corrected chi connectivity index (χ4v) is 1.45. The van der Waals surface area contributed by atoms with Crippen LogP contribution in [-0.4, -0.2) is 11.1 Å². The third kappa shape index (κ3) is 3.84. The summed E-state index contributed by atoms with van der Waals surface area (Å²) in [7, 11) is 0. The van der Waals surface area contributed by atoms with Gasteiger partial charge in [-0.3, -0.25) is 0 Å². The van der Waals surface area contributed by atoms with E-state index in [9.17, 15) is 31.4 Å². The predicted octanol–water partition coefficient (Wildman–Crippen LogP) is 3.10. The first-order valence-corrected chi connectivity index (χ1v) is 5.16. The number of halogens is 6. The molecule has 1 aromatic rings. The summed E-state index contributed by atoms with van der Waals surface area (Å²) in [5.74, 6) is 0. The van der Waals surface area contributed by atoms with Crippen LogP contribution in [0, 0.1) is 0 Å². The van der Waals surface area contributed by atoms with Crippen molar-refractivity contribution in [3.05, 3.63) is 34.9 Å². The summed E-state index contributed by atoms with van der Waals surface area (Å²) in [5.41, 5.74) is 1.81. The van der Waals surface area contributed by atoms with Crippen LogP contribution in [0.1, 0.15) is 29.7 Å². The lowest BCUT2D eigenvalue weighted by Gasteiger charge is -2.19. The van der Waals surface area contributed by atoms with Gasteiger partial charge >= 0.3 is 12.4 Å². The van der Waals surface area contributed by atoms with Crippen molar-refractivity contribution in [2.75, 3.05) is 0 Å². The molecule has 2 nitrogen and oxygen atoms in total. The summed E-state index contributed by atoms with van der Waals surface area (Å²) in [6.45, 7) is 1.28. The lowest BCUT2D eigenvalue weighted by molar-refractivity contribution is -0.143. The first-order chi connectivity index (χ1) is 8.43. The van der Waals surface area contributed by atoms with Gasteiger partial charge in [-0.2, -0.15) is 26.3 Å². The van der Waals surface area contributed by atoms with Crippen LogP contribution in [0.25, 0.3) is 0 Å². The van der Waals surface area contributed by atoms with Crippen LogP contribution >= 0.6 is 0 Å². The molecular weight excluding hydrogens is 276 g/mol. The number of nitrogens with two attached hydrogens (primary N) is 1. The van der Waals surface area contributed by atoms with E-state index in [0.29, 0.717) is 12.1 Å². The second-order valence-corrected chi connectivity index (χ2v) is 4.14. The van der Waals surface area contributed by atoms with E-state index >= 15 is 0 Å². The molecule has 0 aromatic heterocycles. The quantitative estimate of drug-likeness (QED) is 0.821. The van der Waals surface area contributed by atoms with Crippen molar-refractivity contribution in [2.45, 2.75) is 31.4 Å². The largest absolute Gasteiger partial charge is 0.416 e. The molecule has 108 valence electrons. The van der Waals surface area contributed by atoms with Gasteiger partial charge in [0.15, 0.2) is 0 Å². The molecule has 0 heterocycles. The third-order valence-corrected chi connectivity index (χ3v) is 2.45. The molecule has 0 spiro atoms. The lowest BCUT2D eigenvalue weighted by atomic mass is 9.98. The Balaban J connectivity index is 3.41. The van der Waals surface area contributed by atoms with Gasteiger partial charge in [0.05, 0.1) is 17.2 Å². The number of benzene rings is 1. The number of aliphatic hydroxyl groups excluding tert-OH is 1. The standard InChI is InChI=1S/C11H11F6NO/c1-5(18)9(19)6-2-7(10(12,13)14)4-8(3-6)11(15,16)17/h2-5,9,19H,18H2,1H3/t5-,9-/m1/s1. The molecule has 0 aliphatic carbocycles. The molecule has 0 fully saturated rings. The van der Waals surface area contributed by atoms with E-state index in [2.05, 4.69) is 0 Å². The molecule has 0 aliphatic rings. The average molecular weight is 287 g/mol. The fraction of sp³-hybridized carbons (Fsp3) is 0.455. The summed E-state index contributed by atoms with van der Waals surface area (Å²) >= 11 is 0. The minimum Gasteiger partial charge on any atom is -0.387 e. The summed E-state index contributed by atoms with van der Waals surface area (Å²) < 4.78 is 75.1. The highest BCUT2D eigenvalue weighted by atomic mass is 19.4. The number of hydrogen-bond donors (Lipinski definition) is 2. The van der Waals surface area contributed by atoms with Crippen LogP contribution in [0.2, 0.25) is 0 Å². The average Bonchev–Trinajstić information content (AvgIpc) is 2.24. The molecule has 8 heteroatoms. The molecule has 3 N–H and O–H groups in total. The maximum Gasteiger partial charge on any atom is 0.416 e. The van der Waals surface area contributed by atoms with Gasteiger partial charge in [0, 0.05) is 6.04 Å². The highest BCUT2D eigenvalue weighted by Gasteiger charge is 2.37. The van der Waals surface area contributed by atoms with Crippen molar-refractivity contribution < 1.29 is 31.4 Å². The topological polar surface area (TPSA) is 46.2 Å². The molecule has 19 heavy (non-hydrogen) atoms.